The molecule has 128 valence electrons. The number of aromatic nitrogens is 1. The van der Waals surface area contributed by atoms with E-state index in [1.807, 2.05) is 30.3 Å². The Morgan fingerprint density at radius 3 is 2.67 bits per heavy atom. The number of aliphatic hydroxyl groups is 1. The van der Waals surface area contributed by atoms with Gasteiger partial charge in [-0.2, -0.15) is 0 Å². The molecule has 1 aromatic carbocycles. The summed E-state index contributed by atoms with van der Waals surface area (Å²) in [7, 11) is 0. The highest BCUT2D eigenvalue weighted by atomic mass is 16.5. The molecule has 1 saturated heterocycles. The van der Waals surface area contributed by atoms with Gasteiger partial charge in [-0.1, -0.05) is 35.5 Å². The predicted octanol–water partition coefficient (Wildman–Crippen LogP) is 2.03. The Morgan fingerprint density at radius 2 is 2.04 bits per heavy atom. The van der Waals surface area contributed by atoms with Gasteiger partial charge < -0.3 is 19.7 Å². The van der Waals surface area contributed by atoms with Crippen molar-refractivity contribution in [3.8, 4) is 0 Å². The second kappa shape index (κ2) is 7.15. The topological polar surface area (TPSA) is 84.6 Å². The molecule has 0 radical (unpaired) electrons. The van der Waals surface area contributed by atoms with Crippen LogP contribution in [0.3, 0.4) is 0 Å². The maximum atomic E-state index is 12.3. The van der Waals surface area contributed by atoms with Crippen LogP contribution in [0, 0.1) is 12.8 Å². The van der Waals surface area contributed by atoms with Gasteiger partial charge in [0.25, 0.3) is 5.91 Å². The van der Waals surface area contributed by atoms with Crippen molar-refractivity contribution in [3.63, 3.8) is 0 Å². The minimum Gasteiger partial charge on any atom is -0.383 e. The number of ether oxygens (including phenoxy) is 1. The van der Waals surface area contributed by atoms with Crippen LogP contribution < -0.4 is 5.32 Å². The zero-order valence-corrected chi connectivity index (χ0v) is 13.7. The van der Waals surface area contributed by atoms with E-state index < -0.39 is 5.60 Å². The van der Waals surface area contributed by atoms with E-state index in [0.717, 1.165) is 18.4 Å². The fourth-order valence-electron chi connectivity index (χ4n) is 3.21. The van der Waals surface area contributed by atoms with Gasteiger partial charge in [-0.25, -0.2) is 0 Å². The highest BCUT2D eigenvalue weighted by molar-refractivity contribution is 5.94. The van der Waals surface area contributed by atoms with E-state index in [-0.39, 0.29) is 18.4 Å². The largest absolute Gasteiger partial charge is 0.383 e. The smallest absolute Gasteiger partial charge is 0.256 e. The number of nitrogens with one attached hydrogen (secondary N) is 1. The molecule has 3 rings (SSSR count). The Hall–Kier alpha value is -2.18. The maximum Gasteiger partial charge on any atom is 0.256 e. The zero-order chi connectivity index (χ0) is 17.0. The molecule has 2 aromatic rings. The number of carbonyl (C=O) groups is 1. The summed E-state index contributed by atoms with van der Waals surface area (Å²) in [5, 5.41) is 17.9. The molecule has 0 aliphatic carbocycles. The lowest BCUT2D eigenvalue weighted by Gasteiger charge is -2.39. The standard InChI is InChI=1S/C18H22N2O4/c1-13-16(11-20-24-13)17(21)19-12-18(22,14-5-3-2-4-6-14)15-7-9-23-10-8-15/h2-6,11,15,22H,7-10,12H2,1H3,(H,19,21)/t18-/m1/s1. The van der Waals surface area contributed by atoms with Crippen LogP contribution in [-0.2, 0) is 10.3 Å². The van der Waals surface area contributed by atoms with E-state index in [1.54, 1.807) is 6.92 Å². The second-order valence-corrected chi connectivity index (χ2v) is 6.16. The first-order chi connectivity index (χ1) is 11.6. The molecule has 24 heavy (non-hydrogen) atoms. The third-order valence-corrected chi connectivity index (χ3v) is 4.68. The molecule has 0 saturated carbocycles. The number of carbonyl (C=O) groups excluding carboxylic acids is 1. The Bertz CT molecular complexity index is 679. The molecule has 1 aliphatic heterocycles. The first kappa shape index (κ1) is 16.7. The SMILES string of the molecule is Cc1oncc1C(=O)NC[C@@](O)(c1ccccc1)C1CCOCC1. The molecule has 2 N–H and O–H groups in total. The average molecular weight is 330 g/mol. The second-order valence-electron chi connectivity index (χ2n) is 6.16. The first-order valence-corrected chi connectivity index (χ1v) is 8.16. The van der Waals surface area contributed by atoms with Crippen molar-refractivity contribution < 1.29 is 19.2 Å². The van der Waals surface area contributed by atoms with Crippen LogP contribution in [0.5, 0.6) is 0 Å². The van der Waals surface area contributed by atoms with Crippen molar-refractivity contribution in [3.05, 3.63) is 53.4 Å². The molecule has 2 heterocycles. The lowest BCUT2D eigenvalue weighted by molar-refractivity contribution is -0.0680. The monoisotopic (exact) mass is 330 g/mol. The predicted molar refractivity (Wildman–Crippen MR) is 87.5 cm³/mol. The van der Waals surface area contributed by atoms with Crippen LogP contribution in [0.25, 0.3) is 0 Å². The van der Waals surface area contributed by atoms with Gasteiger partial charge in [-0.15, -0.1) is 0 Å². The van der Waals surface area contributed by atoms with Gasteiger partial charge in [0.2, 0.25) is 0 Å². The van der Waals surface area contributed by atoms with Crippen molar-refractivity contribution in [1.82, 2.24) is 10.5 Å². The van der Waals surface area contributed by atoms with E-state index in [2.05, 4.69) is 10.5 Å². The average Bonchev–Trinajstić information content (AvgIpc) is 3.07. The Morgan fingerprint density at radius 1 is 1.33 bits per heavy atom. The highest BCUT2D eigenvalue weighted by Gasteiger charge is 2.39. The lowest BCUT2D eigenvalue weighted by Crippen LogP contribution is -2.47. The van der Waals surface area contributed by atoms with Crippen LogP contribution in [0.2, 0.25) is 0 Å². The van der Waals surface area contributed by atoms with Gasteiger partial charge >= 0.3 is 0 Å². The van der Waals surface area contributed by atoms with E-state index >= 15 is 0 Å². The summed E-state index contributed by atoms with van der Waals surface area (Å²) in [4.78, 5) is 12.3. The first-order valence-electron chi connectivity index (χ1n) is 8.16. The van der Waals surface area contributed by atoms with Crippen LogP contribution in [0.15, 0.2) is 41.1 Å². The van der Waals surface area contributed by atoms with Gasteiger partial charge in [-0.05, 0) is 31.2 Å². The number of hydrogen-bond acceptors (Lipinski definition) is 5. The molecule has 6 nitrogen and oxygen atoms in total. The normalized spacial score (nSPS) is 18.1. The Kier molecular flexibility index (Phi) is 4.97. The number of benzene rings is 1. The van der Waals surface area contributed by atoms with Gasteiger partial charge in [0.05, 0.1) is 12.7 Å². The highest BCUT2D eigenvalue weighted by Crippen LogP contribution is 2.35. The summed E-state index contributed by atoms with van der Waals surface area (Å²) in [6.45, 7) is 3.06. The summed E-state index contributed by atoms with van der Waals surface area (Å²) in [6.07, 6.45) is 2.90. The summed E-state index contributed by atoms with van der Waals surface area (Å²) >= 11 is 0. The number of hydrogen-bond donors (Lipinski definition) is 2. The number of amides is 1. The molecule has 6 heteroatoms. The zero-order valence-electron chi connectivity index (χ0n) is 13.7. The lowest BCUT2D eigenvalue weighted by atomic mass is 9.77. The number of aryl methyl sites for hydroxylation is 1. The molecular weight excluding hydrogens is 308 g/mol. The van der Waals surface area contributed by atoms with E-state index in [9.17, 15) is 9.90 Å². The number of rotatable bonds is 5. The molecule has 0 spiro atoms. The molecule has 1 atom stereocenters. The third-order valence-electron chi connectivity index (χ3n) is 4.68. The van der Waals surface area contributed by atoms with Gasteiger partial charge in [-0.3, -0.25) is 4.79 Å². The van der Waals surface area contributed by atoms with Crippen molar-refractivity contribution in [1.29, 1.82) is 0 Å². The van der Waals surface area contributed by atoms with Gasteiger partial charge in [0, 0.05) is 13.2 Å². The van der Waals surface area contributed by atoms with Crippen LogP contribution in [0.1, 0.15) is 34.5 Å². The molecule has 1 fully saturated rings. The minimum atomic E-state index is -1.13. The molecule has 0 bridgehead atoms. The van der Waals surface area contributed by atoms with Crippen LogP contribution >= 0.6 is 0 Å². The van der Waals surface area contributed by atoms with Crippen molar-refractivity contribution in [2.24, 2.45) is 5.92 Å². The van der Waals surface area contributed by atoms with Crippen LogP contribution in [-0.4, -0.2) is 35.9 Å². The van der Waals surface area contributed by atoms with Gasteiger partial charge in [0.1, 0.15) is 16.9 Å². The summed E-state index contributed by atoms with van der Waals surface area (Å²) in [5.74, 6) is 0.189. The molecule has 0 unspecified atom stereocenters. The van der Waals surface area contributed by atoms with Crippen molar-refractivity contribution >= 4 is 5.91 Å². The fourth-order valence-corrected chi connectivity index (χ4v) is 3.21. The van der Waals surface area contributed by atoms with E-state index in [1.165, 1.54) is 6.20 Å². The molecular formula is C18H22N2O4. The fraction of sp³-hybridized carbons (Fsp3) is 0.444. The van der Waals surface area contributed by atoms with E-state index in [4.69, 9.17) is 9.26 Å². The summed E-state index contributed by atoms with van der Waals surface area (Å²) in [5.41, 5.74) is 0.0582. The molecule has 1 aliphatic rings. The Balaban J connectivity index is 1.80. The quantitative estimate of drug-likeness (QED) is 0.876. The Labute approximate surface area is 140 Å². The van der Waals surface area contributed by atoms with E-state index in [0.29, 0.717) is 24.5 Å². The van der Waals surface area contributed by atoms with Gasteiger partial charge in [0.15, 0.2) is 0 Å². The number of nitrogens with zero attached hydrogens (tertiary/aromatic N) is 1. The minimum absolute atomic E-state index is 0.0255. The third kappa shape index (κ3) is 3.34. The van der Waals surface area contributed by atoms with Crippen molar-refractivity contribution in [2.75, 3.05) is 19.8 Å². The maximum absolute atomic E-state index is 12.3. The van der Waals surface area contributed by atoms with Crippen LogP contribution in [0.4, 0.5) is 0 Å². The molecule has 1 amide bonds. The van der Waals surface area contributed by atoms with Crippen molar-refractivity contribution in [2.45, 2.75) is 25.4 Å². The summed E-state index contributed by atoms with van der Waals surface area (Å²) in [6, 6.07) is 9.49. The molecule has 1 aromatic heterocycles. The summed E-state index contributed by atoms with van der Waals surface area (Å²) < 4.78 is 10.3.